The minimum Gasteiger partial charge on any atom is -0.504 e. The van der Waals surface area contributed by atoms with Crippen LogP contribution in [0.1, 0.15) is 33.3 Å². The molecule has 0 fully saturated rings. The van der Waals surface area contributed by atoms with Gasteiger partial charge in [0, 0.05) is 21.8 Å². The average Bonchev–Trinajstić information content (AvgIpc) is 2.75. The van der Waals surface area contributed by atoms with Crippen LogP contribution in [0.3, 0.4) is 0 Å². The summed E-state index contributed by atoms with van der Waals surface area (Å²) in [5.74, 6) is -2.72. The number of benzene rings is 3. The molecule has 33 heavy (non-hydrogen) atoms. The topological polar surface area (TPSA) is 88.0 Å². The van der Waals surface area contributed by atoms with Gasteiger partial charge in [-0.05, 0) is 63.6 Å². The van der Waals surface area contributed by atoms with Gasteiger partial charge in [-0.3, -0.25) is 4.79 Å². The predicted molar refractivity (Wildman–Crippen MR) is 129 cm³/mol. The van der Waals surface area contributed by atoms with Gasteiger partial charge in [-0.25, -0.2) is 0 Å². The smallest absolute Gasteiger partial charge is 0.289 e. The Balaban J connectivity index is 2.08. The highest BCUT2D eigenvalue weighted by Crippen LogP contribution is 2.37. The fourth-order valence-corrected chi connectivity index (χ4v) is 3.60. The maximum absolute atomic E-state index is 13.8. The molecular weight excluding hydrogens is 442 g/mol. The molecule has 0 saturated heterocycles. The molecule has 6 nitrogen and oxygen atoms in total. The first kappa shape index (κ1) is 24.6. The SMILES string of the molecule is CC(C)OC(OC(C)C)(C(=O)Nc1ccccc1-c1ccc(O)c(O)c1)c1ccc(Cl)cc1. The van der Waals surface area contributed by atoms with Crippen molar-refractivity contribution < 1.29 is 24.5 Å². The number of amides is 1. The number of ether oxygens (including phenoxy) is 2. The van der Waals surface area contributed by atoms with Crippen LogP contribution < -0.4 is 5.32 Å². The molecule has 3 aromatic carbocycles. The van der Waals surface area contributed by atoms with Gasteiger partial charge in [0.05, 0.1) is 12.2 Å². The van der Waals surface area contributed by atoms with Crippen molar-refractivity contribution in [2.75, 3.05) is 5.32 Å². The molecule has 1 amide bonds. The van der Waals surface area contributed by atoms with Gasteiger partial charge in [0.2, 0.25) is 0 Å². The molecule has 0 radical (unpaired) electrons. The van der Waals surface area contributed by atoms with E-state index in [-0.39, 0.29) is 23.7 Å². The first-order valence-electron chi connectivity index (χ1n) is 10.7. The number of rotatable bonds is 8. The molecule has 0 spiro atoms. The van der Waals surface area contributed by atoms with Crippen molar-refractivity contribution in [1.82, 2.24) is 0 Å². The number of nitrogens with one attached hydrogen (secondary N) is 1. The first-order chi connectivity index (χ1) is 15.6. The molecule has 0 aliphatic heterocycles. The van der Waals surface area contributed by atoms with E-state index in [1.165, 1.54) is 12.1 Å². The minimum absolute atomic E-state index is 0.224. The third-order valence-corrected chi connectivity index (χ3v) is 5.04. The first-order valence-corrected chi connectivity index (χ1v) is 11.0. The van der Waals surface area contributed by atoms with Crippen LogP contribution in [0.25, 0.3) is 11.1 Å². The van der Waals surface area contributed by atoms with Crippen molar-refractivity contribution in [3.05, 3.63) is 77.3 Å². The van der Waals surface area contributed by atoms with Gasteiger partial charge in [-0.1, -0.05) is 48.0 Å². The Labute approximate surface area is 198 Å². The summed E-state index contributed by atoms with van der Waals surface area (Å²) < 4.78 is 12.3. The van der Waals surface area contributed by atoms with E-state index >= 15 is 0 Å². The van der Waals surface area contributed by atoms with Crippen molar-refractivity contribution in [2.24, 2.45) is 0 Å². The van der Waals surface area contributed by atoms with Crippen LogP contribution in [0.2, 0.25) is 5.02 Å². The van der Waals surface area contributed by atoms with Crippen LogP contribution in [0.15, 0.2) is 66.7 Å². The van der Waals surface area contributed by atoms with Crippen molar-refractivity contribution >= 4 is 23.2 Å². The number of hydrogen-bond donors (Lipinski definition) is 3. The quantitative estimate of drug-likeness (QED) is 0.275. The van der Waals surface area contributed by atoms with Crippen LogP contribution >= 0.6 is 11.6 Å². The molecule has 7 heteroatoms. The summed E-state index contributed by atoms with van der Waals surface area (Å²) in [4.78, 5) is 13.8. The third-order valence-electron chi connectivity index (χ3n) is 4.79. The number of para-hydroxylation sites is 1. The Morgan fingerprint density at radius 1 is 0.879 bits per heavy atom. The van der Waals surface area contributed by atoms with E-state index < -0.39 is 11.7 Å². The van der Waals surface area contributed by atoms with Gasteiger partial charge in [0.25, 0.3) is 11.7 Å². The molecule has 0 aromatic heterocycles. The second-order valence-electron chi connectivity index (χ2n) is 8.16. The highest BCUT2D eigenvalue weighted by molar-refractivity contribution is 6.30. The summed E-state index contributed by atoms with van der Waals surface area (Å²) in [6.07, 6.45) is -0.649. The Hall–Kier alpha value is -3.06. The maximum Gasteiger partial charge on any atom is 0.289 e. The molecule has 0 atom stereocenters. The van der Waals surface area contributed by atoms with Crippen LogP contribution in [-0.4, -0.2) is 28.3 Å². The van der Waals surface area contributed by atoms with Gasteiger partial charge in [0.15, 0.2) is 11.5 Å². The summed E-state index contributed by atoms with van der Waals surface area (Å²) in [7, 11) is 0. The molecule has 3 rings (SSSR count). The molecule has 0 saturated carbocycles. The van der Waals surface area contributed by atoms with Crippen LogP contribution in [0, 0.1) is 0 Å². The molecule has 0 bridgehead atoms. The summed E-state index contributed by atoms with van der Waals surface area (Å²) in [6.45, 7) is 7.31. The molecule has 3 N–H and O–H groups in total. The fourth-order valence-electron chi connectivity index (χ4n) is 3.47. The van der Waals surface area contributed by atoms with Crippen molar-refractivity contribution in [2.45, 2.75) is 45.7 Å². The van der Waals surface area contributed by atoms with Gasteiger partial charge in [-0.15, -0.1) is 0 Å². The van der Waals surface area contributed by atoms with Gasteiger partial charge in [-0.2, -0.15) is 0 Å². The monoisotopic (exact) mass is 469 g/mol. The molecule has 0 aliphatic rings. The zero-order chi connectivity index (χ0) is 24.2. The van der Waals surface area contributed by atoms with Crippen molar-refractivity contribution in [1.29, 1.82) is 0 Å². The van der Waals surface area contributed by atoms with Crippen molar-refractivity contribution in [3.8, 4) is 22.6 Å². The summed E-state index contributed by atoms with van der Waals surface area (Å²) in [5, 5.41) is 23.1. The lowest BCUT2D eigenvalue weighted by Gasteiger charge is -2.36. The van der Waals surface area contributed by atoms with E-state index in [1.807, 2.05) is 33.8 Å². The number of anilines is 1. The largest absolute Gasteiger partial charge is 0.504 e. The Kier molecular flexibility index (Phi) is 7.64. The zero-order valence-corrected chi connectivity index (χ0v) is 19.8. The van der Waals surface area contributed by atoms with E-state index in [2.05, 4.69) is 5.32 Å². The lowest BCUT2D eigenvalue weighted by atomic mass is 10.0. The predicted octanol–water partition coefficient (Wildman–Crippen LogP) is 6.06. The minimum atomic E-state index is -1.73. The zero-order valence-electron chi connectivity index (χ0n) is 19.0. The summed E-state index contributed by atoms with van der Waals surface area (Å²) in [6, 6.07) is 18.4. The van der Waals surface area contributed by atoms with E-state index in [4.69, 9.17) is 21.1 Å². The maximum atomic E-state index is 13.8. The Morgan fingerprint density at radius 2 is 1.48 bits per heavy atom. The second kappa shape index (κ2) is 10.3. The third kappa shape index (κ3) is 5.66. The number of halogens is 1. The number of carbonyl (C=O) groups is 1. The number of aromatic hydroxyl groups is 2. The molecule has 0 unspecified atom stereocenters. The number of carbonyl (C=O) groups excluding carboxylic acids is 1. The van der Waals surface area contributed by atoms with Gasteiger partial charge in [0.1, 0.15) is 0 Å². The molecule has 3 aromatic rings. The number of phenolic OH excluding ortho intramolecular Hbond substituents is 2. The highest BCUT2D eigenvalue weighted by Gasteiger charge is 2.45. The summed E-state index contributed by atoms with van der Waals surface area (Å²) >= 11 is 6.07. The van der Waals surface area contributed by atoms with E-state index in [1.54, 1.807) is 48.5 Å². The van der Waals surface area contributed by atoms with E-state index in [0.717, 1.165) is 0 Å². The number of hydrogen-bond acceptors (Lipinski definition) is 5. The Morgan fingerprint density at radius 3 is 2.06 bits per heavy atom. The standard InChI is InChI=1S/C26H28ClNO5/c1-16(2)32-26(33-17(3)4,19-10-12-20(27)13-11-19)25(31)28-22-8-6-5-7-21(22)18-9-14-23(29)24(30)15-18/h5-17,29-30H,1-4H3,(H,28,31). The number of phenols is 2. The second-order valence-corrected chi connectivity index (χ2v) is 8.60. The van der Waals surface area contributed by atoms with Gasteiger partial charge < -0.3 is 25.0 Å². The Bertz CT molecular complexity index is 1100. The fraction of sp³-hybridized carbons (Fsp3) is 0.269. The van der Waals surface area contributed by atoms with E-state index in [9.17, 15) is 15.0 Å². The lowest BCUT2D eigenvalue weighted by molar-refractivity contribution is -0.260. The molecular formula is C26H28ClNO5. The highest BCUT2D eigenvalue weighted by atomic mass is 35.5. The molecule has 0 heterocycles. The average molecular weight is 470 g/mol. The van der Waals surface area contributed by atoms with Crippen LogP contribution in [0.4, 0.5) is 5.69 Å². The van der Waals surface area contributed by atoms with E-state index in [0.29, 0.717) is 27.4 Å². The van der Waals surface area contributed by atoms with Crippen LogP contribution in [-0.2, 0) is 20.1 Å². The normalized spacial score (nSPS) is 11.7. The summed E-state index contributed by atoms with van der Waals surface area (Å²) in [5.41, 5.74) is 2.27. The van der Waals surface area contributed by atoms with Crippen LogP contribution in [0.5, 0.6) is 11.5 Å². The lowest BCUT2D eigenvalue weighted by Crippen LogP contribution is -2.48. The molecule has 0 aliphatic carbocycles. The van der Waals surface area contributed by atoms with Crippen molar-refractivity contribution in [3.63, 3.8) is 0 Å². The van der Waals surface area contributed by atoms with Gasteiger partial charge >= 0.3 is 0 Å². The molecule has 174 valence electrons.